The first-order valence-electron chi connectivity index (χ1n) is 2.56. The third-order valence-electron chi connectivity index (χ3n) is 0.986. The molecule has 0 bridgehead atoms. The smallest absolute Gasteiger partial charge is 0.124 e. The second-order valence-corrected chi connectivity index (χ2v) is 1.59. The number of hydrogen-bond acceptors (Lipinski definition) is 5. The Morgan fingerprint density at radius 3 is 3.10 bits per heavy atom. The Labute approximate surface area is 55.2 Å². The second kappa shape index (κ2) is 1.90. The molecule has 2 rings (SSSR count). The minimum Gasteiger partial charge on any atom is -0.364 e. The first-order chi connectivity index (χ1) is 4.97. The molecule has 0 atom stereocenters. The maximum atomic E-state index is 4.55. The first-order valence-corrected chi connectivity index (χ1v) is 2.56. The van der Waals surface area contributed by atoms with Gasteiger partial charge in [-0.05, 0) is 0 Å². The zero-order valence-electron chi connectivity index (χ0n) is 4.80. The highest BCUT2D eigenvalue weighted by Gasteiger charge is 1.95. The van der Waals surface area contributed by atoms with Crippen molar-refractivity contribution in [2.75, 3.05) is 0 Å². The summed E-state index contributed by atoms with van der Waals surface area (Å²) in [5.74, 6) is 0.383. The van der Waals surface area contributed by atoms with E-state index in [1.807, 2.05) is 0 Å². The minimum absolute atomic E-state index is 0.383. The fourth-order valence-electron chi connectivity index (χ4n) is 0.575. The van der Waals surface area contributed by atoms with Crippen LogP contribution in [-0.4, -0.2) is 20.7 Å². The summed E-state index contributed by atoms with van der Waals surface area (Å²) >= 11 is 0. The van der Waals surface area contributed by atoms with Crippen molar-refractivity contribution in [3.63, 3.8) is 0 Å². The van der Waals surface area contributed by atoms with Crippen LogP contribution in [0.15, 0.2) is 16.9 Å². The molecule has 0 unspecified atom stereocenters. The Morgan fingerprint density at radius 2 is 2.50 bits per heavy atom. The molecule has 2 aromatic rings. The van der Waals surface area contributed by atoms with Crippen molar-refractivity contribution < 1.29 is 4.52 Å². The number of tetrazole rings is 1. The Kier molecular flexibility index (Phi) is 0.970. The van der Waals surface area contributed by atoms with Crippen LogP contribution < -0.4 is 5.10 Å². The molecule has 50 valence electrons. The van der Waals surface area contributed by atoms with Crippen LogP contribution in [0, 0.1) is 0 Å². The highest BCUT2D eigenvalue weighted by Crippen LogP contribution is 2.06. The molecular weight excluding hydrogens is 134 g/mol. The van der Waals surface area contributed by atoms with Crippen molar-refractivity contribution in [3.8, 4) is 11.5 Å². The predicted molar refractivity (Wildman–Crippen MR) is 28.6 cm³/mol. The molecular formula is C4H2N5O-. The molecule has 10 heavy (non-hydrogen) atoms. The van der Waals surface area contributed by atoms with E-state index >= 15 is 0 Å². The van der Waals surface area contributed by atoms with Crippen molar-refractivity contribution in [2.24, 2.45) is 0 Å². The third-order valence-corrected chi connectivity index (χ3v) is 0.986. The van der Waals surface area contributed by atoms with Crippen molar-refractivity contribution in [1.82, 2.24) is 25.8 Å². The molecule has 0 aliphatic carbocycles. The summed E-state index contributed by atoms with van der Waals surface area (Å²) in [6.07, 6.45) is 1.44. The Morgan fingerprint density at radius 1 is 1.50 bits per heavy atom. The van der Waals surface area contributed by atoms with Crippen molar-refractivity contribution in [3.05, 3.63) is 12.3 Å². The fraction of sp³-hybridized carbons (Fsp3) is 0. The van der Waals surface area contributed by atoms with Gasteiger partial charge in [0.2, 0.25) is 0 Å². The maximum Gasteiger partial charge on any atom is 0.124 e. The molecule has 6 nitrogen and oxygen atoms in total. The molecule has 2 aromatic heterocycles. The lowest BCUT2D eigenvalue weighted by Crippen LogP contribution is -1.81. The average molecular weight is 136 g/mol. The monoisotopic (exact) mass is 136 g/mol. The SMILES string of the molecule is c1cc(-c2nnn[n-]2)no1. The molecule has 0 N–H and O–H groups in total. The van der Waals surface area contributed by atoms with Gasteiger partial charge in [0.05, 0.1) is 5.82 Å². The van der Waals surface area contributed by atoms with Gasteiger partial charge >= 0.3 is 0 Å². The second-order valence-electron chi connectivity index (χ2n) is 1.59. The van der Waals surface area contributed by atoms with E-state index in [9.17, 15) is 0 Å². The van der Waals surface area contributed by atoms with Gasteiger partial charge in [-0.2, -0.15) is 5.21 Å². The van der Waals surface area contributed by atoms with E-state index in [1.54, 1.807) is 6.07 Å². The van der Waals surface area contributed by atoms with Gasteiger partial charge in [0.1, 0.15) is 12.0 Å². The molecule has 0 aliphatic rings. The zero-order chi connectivity index (χ0) is 6.81. The van der Waals surface area contributed by atoms with Gasteiger partial charge in [-0.25, -0.2) is 0 Å². The lowest BCUT2D eigenvalue weighted by Gasteiger charge is -1.86. The van der Waals surface area contributed by atoms with Gasteiger partial charge in [-0.15, -0.1) is 0 Å². The zero-order valence-corrected chi connectivity index (χ0v) is 4.80. The third kappa shape index (κ3) is 0.661. The Bertz CT molecular complexity index is 253. The summed E-state index contributed by atoms with van der Waals surface area (Å²) in [6, 6.07) is 1.64. The van der Waals surface area contributed by atoms with Crippen LogP contribution in [0.2, 0.25) is 0 Å². The number of aromatic nitrogens is 5. The van der Waals surface area contributed by atoms with Gasteiger partial charge < -0.3 is 9.62 Å². The van der Waals surface area contributed by atoms with Crippen LogP contribution in [0.25, 0.3) is 11.5 Å². The number of rotatable bonds is 1. The summed E-state index contributed by atoms with van der Waals surface area (Å²) < 4.78 is 4.55. The van der Waals surface area contributed by atoms with Crippen molar-refractivity contribution in [1.29, 1.82) is 0 Å². The molecule has 6 heteroatoms. The van der Waals surface area contributed by atoms with Crippen LogP contribution in [-0.2, 0) is 0 Å². The topological polar surface area (TPSA) is 78.8 Å². The van der Waals surface area contributed by atoms with Gasteiger partial charge in [-0.1, -0.05) is 5.16 Å². The first kappa shape index (κ1) is 5.10. The van der Waals surface area contributed by atoms with Crippen molar-refractivity contribution in [2.45, 2.75) is 0 Å². The Hall–Kier alpha value is -1.72. The largest absolute Gasteiger partial charge is 0.364 e. The summed E-state index contributed by atoms with van der Waals surface area (Å²) in [5, 5.41) is 17.3. The van der Waals surface area contributed by atoms with Crippen LogP contribution in [0.4, 0.5) is 0 Å². The number of nitrogens with zero attached hydrogens (tertiary/aromatic N) is 5. The summed E-state index contributed by atoms with van der Waals surface area (Å²) in [7, 11) is 0. The standard InChI is InChI=1S/C4H2N5O/c1-2-10-7-3(1)4-5-8-9-6-4/h1-2H/q-1. The highest BCUT2D eigenvalue weighted by molar-refractivity contribution is 5.44. The molecule has 2 heterocycles. The van der Waals surface area contributed by atoms with E-state index in [1.165, 1.54) is 6.26 Å². The summed E-state index contributed by atoms with van der Waals surface area (Å²) in [5.41, 5.74) is 0.546. The summed E-state index contributed by atoms with van der Waals surface area (Å²) in [4.78, 5) is 0. The normalized spacial score (nSPS) is 10.0. The van der Waals surface area contributed by atoms with E-state index in [2.05, 4.69) is 30.3 Å². The fourth-order valence-corrected chi connectivity index (χ4v) is 0.575. The van der Waals surface area contributed by atoms with Crippen molar-refractivity contribution >= 4 is 0 Å². The van der Waals surface area contributed by atoms with E-state index < -0.39 is 0 Å². The van der Waals surface area contributed by atoms with Crippen LogP contribution in [0.1, 0.15) is 0 Å². The molecule has 0 saturated heterocycles. The number of hydrogen-bond donors (Lipinski definition) is 0. The van der Waals surface area contributed by atoms with Gasteiger partial charge in [0, 0.05) is 6.07 Å². The lowest BCUT2D eigenvalue weighted by molar-refractivity contribution is 0.422. The summed E-state index contributed by atoms with van der Waals surface area (Å²) in [6.45, 7) is 0. The van der Waals surface area contributed by atoms with Gasteiger partial charge in [0.25, 0.3) is 0 Å². The van der Waals surface area contributed by atoms with Gasteiger partial charge in [0.15, 0.2) is 0 Å². The average Bonchev–Trinajstić information content (AvgIpc) is 2.59. The molecule has 0 amide bonds. The molecule has 0 aromatic carbocycles. The van der Waals surface area contributed by atoms with Crippen LogP contribution in [0.3, 0.4) is 0 Å². The molecule has 0 aliphatic heterocycles. The minimum atomic E-state index is 0.383. The molecule has 0 fully saturated rings. The lowest BCUT2D eigenvalue weighted by atomic mass is 10.4. The highest BCUT2D eigenvalue weighted by atomic mass is 16.5. The van der Waals surface area contributed by atoms with Crippen LogP contribution >= 0.6 is 0 Å². The predicted octanol–water partition coefficient (Wildman–Crippen LogP) is -0.516. The van der Waals surface area contributed by atoms with Gasteiger partial charge in [-0.3, -0.25) is 10.3 Å². The van der Waals surface area contributed by atoms with E-state index in [-0.39, 0.29) is 0 Å². The maximum absolute atomic E-state index is 4.55. The van der Waals surface area contributed by atoms with E-state index in [0.717, 1.165) is 0 Å². The Balaban J connectivity index is 2.48. The molecule has 0 spiro atoms. The quantitative estimate of drug-likeness (QED) is 0.525. The van der Waals surface area contributed by atoms with E-state index in [4.69, 9.17) is 0 Å². The molecule has 0 radical (unpaired) electrons. The van der Waals surface area contributed by atoms with E-state index in [0.29, 0.717) is 11.5 Å². The van der Waals surface area contributed by atoms with Crippen LogP contribution in [0.5, 0.6) is 0 Å². The molecule has 0 saturated carbocycles.